The Morgan fingerprint density at radius 2 is 2.33 bits per heavy atom. The molecule has 1 aromatic carbocycles. The Labute approximate surface area is 128 Å². The Bertz CT molecular complexity index is 675. The second-order valence-corrected chi connectivity index (χ2v) is 6.89. The van der Waals surface area contributed by atoms with Gasteiger partial charge in [0.2, 0.25) is 10.0 Å². The Kier molecular flexibility index (Phi) is 4.43. The number of nitrogens with zero attached hydrogens (tertiary/aromatic N) is 1. The zero-order valence-corrected chi connectivity index (χ0v) is 12.9. The van der Waals surface area contributed by atoms with Gasteiger partial charge in [-0.25, -0.2) is 8.42 Å². The van der Waals surface area contributed by atoms with Crippen LogP contribution in [0.3, 0.4) is 0 Å². The first-order chi connectivity index (χ1) is 9.82. The number of amides is 1. The number of benzene rings is 1. The van der Waals surface area contributed by atoms with Gasteiger partial charge in [-0.1, -0.05) is 17.7 Å². The van der Waals surface area contributed by atoms with Crippen molar-refractivity contribution in [3.63, 3.8) is 0 Å². The van der Waals surface area contributed by atoms with Crippen LogP contribution in [-0.2, 0) is 14.8 Å². The highest BCUT2D eigenvalue weighted by Gasteiger charge is 2.34. The third-order valence-corrected chi connectivity index (χ3v) is 4.29. The molecule has 1 N–H and O–H groups in total. The van der Waals surface area contributed by atoms with Crippen molar-refractivity contribution in [1.82, 2.24) is 5.32 Å². The lowest BCUT2D eigenvalue weighted by Gasteiger charge is -2.34. The average Bonchev–Trinajstić information content (AvgIpc) is 2.42. The van der Waals surface area contributed by atoms with Crippen LogP contribution >= 0.6 is 11.6 Å². The molecule has 1 aliphatic heterocycles. The number of ether oxygens (including phenoxy) is 1. The molecule has 1 atom stereocenters. The van der Waals surface area contributed by atoms with Gasteiger partial charge in [0.05, 0.1) is 18.5 Å². The zero-order valence-electron chi connectivity index (χ0n) is 11.4. The number of anilines is 1. The van der Waals surface area contributed by atoms with E-state index in [-0.39, 0.29) is 13.1 Å². The van der Waals surface area contributed by atoms with Crippen molar-refractivity contribution in [2.45, 2.75) is 6.10 Å². The molecule has 0 spiro atoms. The molecule has 0 saturated heterocycles. The number of carbonyl (C=O) groups is 1. The minimum atomic E-state index is -3.55. The fraction of sp³-hybridized carbons (Fsp3) is 0.308. The smallest absolute Gasteiger partial charge is 0.263 e. The molecular weight excluding hydrogens is 316 g/mol. The predicted octanol–water partition coefficient (Wildman–Crippen LogP) is 1.17. The van der Waals surface area contributed by atoms with Crippen molar-refractivity contribution in [1.29, 1.82) is 0 Å². The van der Waals surface area contributed by atoms with Crippen LogP contribution in [-0.4, -0.2) is 39.8 Å². The van der Waals surface area contributed by atoms with Crippen LogP contribution in [0.1, 0.15) is 0 Å². The molecule has 0 bridgehead atoms. The summed E-state index contributed by atoms with van der Waals surface area (Å²) in [6.45, 7) is 3.68. The maximum Gasteiger partial charge on any atom is 0.263 e. The summed E-state index contributed by atoms with van der Waals surface area (Å²) in [5.74, 6) is -0.0982. The minimum absolute atomic E-state index is 0.102. The summed E-state index contributed by atoms with van der Waals surface area (Å²) < 4.78 is 30.5. The van der Waals surface area contributed by atoms with Crippen LogP contribution in [0, 0.1) is 0 Å². The van der Waals surface area contributed by atoms with E-state index in [0.717, 1.165) is 10.6 Å². The van der Waals surface area contributed by atoms with E-state index >= 15 is 0 Å². The van der Waals surface area contributed by atoms with Crippen molar-refractivity contribution in [3.8, 4) is 5.75 Å². The van der Waals surface area contributed by atoms with E-state index in [2.05, 4.69) is 11.9 Å². The lowest BCUT2D eigenvalue weighted by molar-refractivity contribution is -0.127. The van der Waals surface area contributed by atoms with E-state index < -0.39 is 22.0 Å². The van der Waals surface area contributed by atoms with Gasteiger partial charge < -0.3 is 10.1 Å². The molecule has 0 aromatic heterocycles. The second-order valence-electron chi connectivity index (χ2n) is 4.55. The molecule has 1 aliphatic rings. The number of nitrogens with one attached hydrogen (secondary N) is 1. The average molecular weight is 331 g/mol. The Hall–Kier alpha value is -1.73. The fourth-order valence-corrected chi connectivity index (χ4v) is 3.03. The van der Waals surface area contributed by atoms with Crippen LogP contribution in [0.15, 0.2) is 30.9 Å². The fourth-order valence-electron chi connectivity index (χ4n) is 1.96. The van der Waals surface area contributed by atoms with Crippen molar-refractivity contribution >= 4 is 33.2 Å². The highest BCUT2D eigenvalue weighted by Crippen LogP contribution is 2.36. The summed E-state index contributed by atoms with van der Waals surface area (Å²) in [6, 6.07) is 4.61. The van der Waals surface area contributed by atoms with Gasteiger partial charge in [0.25, 0.3) is 5.91 Å². The van der Waals surface area contributed by atoms with E-state index in [0.29, 0.717) is 16.5 Å². The third kappa shape index (κ3) is 3.48. The molecule has 8 heteroatoms. The third-order valence-electron chi connectivity index (χ3n) is 2.90. The summed E-state index contributed by atoms with van der Waals surface area (Å²) in [5, 5.41) is 2.98. The second kappa shape index (κ2) is 5.95. The number of halogens is 1. The molecule has 114 valence electrons. The molecule has 0 saturated carbocycles. The van der Waals surface area contributed by atoms with Gasteiger partial charge in [-0.15, -0.1) is 6.58 Å². The number of sulfonamides is 1. The first-order valence-electron chi connectivity index (χ1n) is 6.15. The van der Waals surface area contributed by atoms with Gasteiger partial charge >= 0.3 is 0 Å². The molecule has 0 radical (unpaired) electrons. The molecule has 1 amide bonds. The number of rotatable bonds is 4. The molecule has 0 unspecified atom stereocenters. The minimum Gasteiger partial charge on any atom is -0.476 e. The van der Waals surface area contributed by atoms with Crippen molar-refractivity contribution in [2.24, 2.45) is 0 Å². The number of carbonyl (C=O) groups excluding carboxylic acids is 1. The van der Waals surface area contributed by atoms with Crippen molar-refractivity contribution < 1.29 is 17.9 Å². The molecule has 1 aromatic rings. The Morgan fingerprint density at radius 3 is 2.95 bits per heavy atom. The maximum absolute atomic E-state index is 12.0. The number of hydrogen-bond acceptors (Lipinski definition) is 4. The van der Waals surface area contributed by atoms with Crippen LogP contribution < -0.4 is 14.4 Å². The van der Waals surface area contributed by atoms with E-state index in [1.165, 1.54) is 12.1 Å². The lowest BCUT2D eigenvalue weighted by Crippen LogP contribution is -2.50. The lowest BCUT2D eigenvalue weighted by atomic mass is 10.2. The van der Waals surface area contributed by atoms with Gasteiger partial charge in [-0.3, -0.25) is 9.10 Å². The van der Waals surface area contributed by atoms with Crippen molar-refractivity contribution in [2.75, 3.05) is 23.7 Å². The SMILES string of the molecule is C=CCNC(=O)[C@H]1CN(S(C)(=O)=O)c2cc(Cl)ccc2O1. The summed E-state index contributed by atoms with van der Waals surface area (Å²) >= 11 is 5.89. The van der Waals surface area contributed by atoms with Crippen LogP contribution in [0.25, 0.3) is 0 Å². The largest absolute Gasteiger partial charge is 0.476 e. The first-order valence-corrected chi connectivity index (χ1v) is 8.38. The molecule has 2 rings (SSSR count). The maximum atomic E-state index is 12.0. The van der Waals surface area contributed by atoms with E-state index in [1.54, 1.807) is 12.1 Å². The number of fused-ring (bicyclic) bond motifs is 1. The van der Waals surface area contributed by atoms with Crippen LogP contribution in [0.5, 0.6) is 5.75 Å². The summed E-state index contributed by atoms with van der Waals surface area (Å²) in [6.07, 6.45) is 1.68. The van der Waals surface area contributed by atoms with Crippen molar-refractivity contribution in [3.05, 3.63) is 35.9 Å². The van der Waals surface area contributed by atoms with E-state index in [1.807, 2.05) is 0 Å². The van der Waals surface area contributed by atoms with Gasteiger partial charge in [-0.2, -0.15) is 0 Å². The molecular formula is C13H15ClN2O4S. The highest BCUT2D eigenvalue weighted by molar-refractivity contribution is 7.92. The van der Waals surface area contributed by atoms with Crippen LogP contribution in [0.2, 0.25) is 5.02 Å². The van der Waals surface area contributed by atoms with Gasteiger partial charge in [0.1, 0.15) is 5.75 Å². The van der Waals surface area contributed by atoms with E-state index in [4.69, 9.17) is 16.3 Å². The highest BCUT2D eigenvalue weighted by atomic mass is 35.5. The molecule has 1 heterocycles. The first kappa shape index (κ1) is 15.7. The number of hydrogen-bond donors (Lipinski definition) is 1. The summed E-state index contributed by atoms with van der Waals surface area (Å²) in [5.41, 5.74) is 0.331. The Morgan fingerprint density at radius 1 is 1.62 bits per heavy atom. The molecule has 21 heavy (non-hydrogen) atoms. The standard InChI is InChI=1S/C13H15ClN2O4S/c1-3-6-15-13(17)12-8-16(21(2,18)19)10-7-9(14)4-5-11(10)20-12/h3-5,7,12H,1,6,8H2,2H3,(H,15,17)/t12-/m1/s1. The topological polar surface area (TPSA) is 75.7 Å². The Balaban J connectivity index is 2.36. The van der Waals surface area contributed by atoms with Crippen LogP contribution in [0.4, 0.5) is 5.69 Å². The molecule has 6 nitrogen and oxygen atoms in total. The monoisotopic (exact) mass is 330 g/mol. The molecule has 0 aliphatic carbocycles. The molecule has 0 fully saturated rings. The zero-order chi connectivity index (χ0) is 15.6. The summed E-state index contributed by atoms with van der Waals surface area (Å²) in [4.78, 5) is 12.0. The van der Waals surface area contributed by atoms with Gasteiger partial charge in [0.15, 0.2) is 6.10 Å². The normalized spacial score (nSPS) is 17.6. The van der Waals surface area contributed by atoms with Gasteiger partial charge in [-0.05, 0) is 18.2 Å². The van der Waals surface area contributed by atoms with Gasteiger partial charge in [0, 0.05) is 11.6 Å². The quantitative estimate of drug-likeness (QED) is 0.841. The predicted molar refractivity (Wildman–Crippen MR) is 81.3 cm³/mol. The van der Waals surface area contributed by atoms with E-state index in [9.17, 15) is 13.2 Å². The summed E-state index contributed by atoms with van der Waals surface area (Å²) in [7, 11) is -3.55.